The molecule has 0 amide bonds. The van der Waals surface area contributed by atoms with Crippen molar-refractivity contribution >= 4 is 0 Å². The zero-order valence-electron chi connectivity index (χ0n) is 29.4. The average Bonchev–Trinajstić information content (AvgIpc) is 3.12. The zero-order valence-corrected chi connectivity index (χ0v) is 29.4. The van der Waals surface area contributed by atoms with Gasteiger partial charge >= 0.3 is 35.8 Å². The van der Waals surface area contributed by atoms with Crippen LogP contribution in [0, 0.1) is 5.92 Å². The molecular formula is C35H43F13O7. The molecule has 3 unspecified atom stereocenters. The minimum atomic E-state index is -7.96. The highest BCUT2D eigenvalue weighted by atomic mass is 19.4. The number of hydrogen-bond donors (Lipinski definition) is 4. The van der Waals surface area contributed by atoms with E-state index >= 15 is 0 Å². The number of aliphatic hydroxyl groups is 4. The lowest BCUT2D eigenvalue weighted by molar-refractivity contribution is -0.440. The number of halogens is 13. The molecule has 0 saturated heterocycles. The number of aliphatic hydroxyl groups excluding tert-OH is 4. The molecule has 20 heteroatoms. The van der Waals surface area contributed by atoms with Gasteiger partial charge in [0, 0.05) is 18.1 Å². The second-order valence-electron chi connectivity index (χ2n) is 12.9. The predicted octanol–water partition coefficient (Wildman–Crippen LogP) is 8.69. The summed E-state index contributed by atoms with van der Waals surface area (Å²) in [6.45, 7) is -0.203. The molecule has 0 aliphatic heterocycles. The predicted molar refractivity (Wildman–Crippen MR) is 171 cm³/mol. The quantitative estimate of drug-likeness (QED) is 0.0587. The summed E-state index contributed by atoms with van der Waals surface area (Å²) in [6, 6.07) is 10.5. The maximum atomic E-state index is 14.5. The van der Waals surface area contributed by atoms with Gasteiger partial charge in [0.2, 0.25) is 0 Å². The molecule has 0 fully saturated rings. The summed E-state index contributed by atoms with van der Waals surface area (Å²) >= 11 is 0. The highest BCUT2D eigenvalue weighted by molar-refractivity contribution is 5.72. The standard InChI is InChI=1S/C35H43F13O7/c1-2-3-4-5-7-22(8-6-15-30(36,37)31(38,39)32(40,41)33(42,43)34(44,45)35(46,47)48)19-55-29-16-27(54-21-25(52)18-50)13-14-28(29)23-9-11-26(12-10-23)53-20-24(51)17-49/h9-14,16,22,24-25,49-52H,2-8,15,17-21H2,1H3. The molecule has 0 aliphatic carbocycles. The van der Waals surface area contributed by atoms with Gasteiger partial charge in [0.05, 0.1) is 19.8 Å². The Morgan fingerprint density at radius 1 is 0.564 bits per heavy atom. The third-order valence-electron chi connectivity index (χ3n) is 8.47. The fourth-order valence-electron chi connectivity index (χ4n) is 5.12. The molecule has 2 aromatic carbocycles. The van der Waals surface area contributed by atoms with E-state index in [1.165, 1.54) is 30.3 Å². The molecule has 7 nitrogen and oxygen atoms in total. The first kappa shape index (κ1) is 47.9. The van der Waals surface area contributed by atoms with E-state index in [-0.39, 0.29) is 37.7 Å². The SMILES string of the molecule is CCCCCCC(CCCC(F)(F)C(F)(F)C(F)(F)C(F)(F)C(F)(F)C(F)(F)F)COc1cc(OCC(O)CO)ccc1-c1ccc(OCC(O)CO)cc1. The summed E-state index contributed by atoms with van der Waals surface area (Å²) in [5.41, 5.74) is 0.897. The van der Waals surface area contributed by atoms with Gasteiger partial charge < -0.3 is 34.6 Å². The van der Waals surface area contributed by atoms with Crippen LogP contribution in [0.4, 0.5) is 57.1 Å². The van der Waals surface area contributed by atoms with Gasteiger partial charge in [-0.2, -0.15) is 57.1 Å². The van der Waals surface area contributed by atoms with Gasteiger partial charge in [-0.1, -0.05) is 44.7 Å². The van der Waals surface area contributed by atoms with Crippen LogP contribution >= 0.6 is 0 Å². The van der Waals surface area contributed by atoms with Gasteiger partial charge in [-0.15, -0.1) is 0 Å². The Balaban J connectivity index is 2.34. The average molecular weight is 823 g/mol. The smallest absolute Gasteiger partial charge is 0.460 e. The van der Waals surface area contributed by atoms with E-state index in [0.717, 1.165) is 12.8 Å². The largest absolute Gasteiger partial charge is 0.493 e. The van der Waals surface area contributed by atoms with Crippen molar-refractivity contribution in [3.8, 4) is 28.4 Å². The van der Waals surface area contributed by atoms with E-state index in [1.54, 1.807) is 12.1 Å². The minimum Gasteiger partial charge on any atom is -0.493 e. The molecule has 0 aromatic heterocycles. The molecule has 55 heavy (non-hydrogen) atoms. The van der Waals surface area contributed by atoms with Crippen LogP contribution in [0.15, 0.2) is 42.5 Å². The van der Waals surface area contributed by atoms with Crippen LogP contribution in [-0.4, -0.2) is 101 Å². The molecule has 0 radical (unpaired) electrons. The van der Waals surface area contributed by atoms with Crippen molar-refractivity contribution < 1.29 is 91.7 Å². The highest BCUT2D eigenvalue weighted by Gasteiger charge is 2.90. The first-order valence-electron chi connectivity index (χ1n) is 17.1. The normalized spacial score (nSPS) is 15.1. The van der Waals surface area contributed by atoms with Crippen molar-refractivity contribution in [1.82, 2.24) is 0 Å². The second-order valence-corrected chi connectivity index (χ2v) is 12.9. The molecule has 4 N–H and O–H groups in total. The molecule has 3 atom stereocenters. The van der Waals surface area contributed by atoms with E-state index in [4.69, 9.17) is 24.4 Å². The first-order valence-corrected chi connectivity index (χ1v) is 17.1. The molecule has 0 aliphatic rings. The summed E-state index contributed by atoms with van der Waals surface area (Å²) < 4.78 is 194. The Bertz CT molecular complexity index is 1440. The topological polar surface area (TPSA) is 109 Å². The Kier molecular flexibility index (Phi) is 17.2. The maximum Gasteiger partial charge on any atom is 0.460 e. The van der Waals surface area contributed by atoms with E-state index < -0.39 is 86.4 Å². The summed E-state index contributed by atoms with van der Waals surface area (Å²) in [6.07, 6.45) is -11.0. The molecule has 316 valence electrons. The Hall–Kier alpha value is -3.23. The van der Waals surface area contributed by atoms with Crippen molar-refractivity contribution in [3.63, 3.8) is 0 Å². The summed E-state index contributed by atoms with van der Waals surface area (Å²) in [7, 11) is 0. The van der Waals surface area contributed by atoms with Crippen LogP contribution < -0.4 is 14.2 Å². The monoisotopic (exact) mass is 822 g/mol. The van der Waals surface area contributed by atoms with E-state index in [9.17, 15) is 67.3 Å². The number of ether oxygens (including phenoxy) is 3. The van der Waals surface area contributed by atoms with Crippen molar-refractivity contribution in [2.45, 2.75) is 106 Å². The van der Waals surface area contributed by atoms with Crippen molar-refractivity contribution in [1.29, 1.82) is 0 Å². The number of hydrogen-bond acceptors (Lipinski definition) is 7. The van der Waals surface area contributed by atoms with Crippen LogP contribution in [0.2, 0.25) is 0 Å². The van der Waals surface area contributed by atoms with Crippen molar-refractivity contribution in [2.24, 2.45) is 5.92 Å². The number of rotatable bonds is 25. The summed E-state index contributed by atoms with van der Waals surface area (Å²) in [5, 5.41) is 37.3. The lowest BCUT2D eigenvalue weighted by Crippen LogP contribution is -2.70. The second kappa shape index (κ2) is 19.8. The van der Waals surface area contributed by atoms with Gasteiger partial charge in [-0.3, -0.25) is 0 Å². The number of benzene rings is 2. The molecule has 2 rings (SSSR count). The van der Waals surface area contributed by atoms with E-state index in [1.807, 2.05) is 6.92 Å². The third kappa shape index (κ3) is 11.9. The maximum absolute atomic E-state index is 14.5. The van der Waals surface area contributed by atoms with Gasteiger partial charge in [-0.25, -0.2) is 0 Å². The van der Waals surface area contributed by atoms with Crippen molar-refractivity contribution in [3.05, 3.63) is 42.5 Å². The minimum absolute atomic E-state index is 0.0863. The Morgan fingerprint density at radius 2 is 1.07 bits per heavy atom. The van der Waals surface area contributed by atoms with Crippen LogP contribution in [0.3, 0.4) is 0 Å². The van der Waals surface area contributed by atoms with Gasteiger partial charge in [0.1, 0.15) is 42.7 Å². The van der Waals surface area contributed by atoms with E-state index in [0.29, 0.717) is 29.7 Å². The zero-order chi connectivity index (χ0) is 41.9. The van der Waals surface area contributed by atoms with E-state index in [2.05, 4.69) is 0 Å². The fraction of sp³-hybridized carbons (Fsp3) is 0.657. The molecule has 0 bridgehead atoms. The molecule has 2 aromatic rings. The number of alkyl halides is 13. The molecule has 0 spiro atoms. The Morgan fingerprint density at radius 3 is 1.60 bits per heavy atom. The van der Waals surface area contributed by atoms with Crippen LogP contribution in [-0.2, 0) is 0 Å². The molecule has 0 saturated carbocycles. The summed E-state index contributed by atoms with van der Waals surface area (Å²) in [4.78, 5) is 0. The van der Waals surface area contributed by atoms with Crippen molar-refractivity contribution in [2.75, 3.05) is 33.0 Å². The van der Waals surface area contributed by atoms with Gasteiger partial charge in [-0.05, 0) is 55.0 Å². The molecule has 0 heterocycles. The number of unbranched alkanes of at least 4 members (excludes halogenated alkanes) is 3. The van der Waals surface area contributed by atoms with Gasteiger partial charge in [0.25, 0.3) is 0 Å². The van der Waals surface area contributed by atoms with Crippen LogP contribution in [0.25, 0.3) is 11.1 Å². The first-order chi connectivity index (χ1) is 25.4. The Labute approximate surface area is 308 Å². The highest BCUT2D eigenvalue weighted by Crippen LogP contribution is 2.61. The lowest BCUT2D eigenvalue weighted by atomic mass is 9.89. The fourth-order valence-corrected chi connectivity index (χ4v) is 5.12. The third-order valence-corrected chi connectivity index (χ3v) is 8.47. The van der Waals surface area contributed by atoms with Gasteiger partial charge in [0.15, 0.2) is 0 Å². The summed E-state index contributed by atoms with van der Waals surface area (Å²) in [5.74, 6) is -37.4. The molecular weight excluding hydrogens is 779 g/mol. The lowest BCUT2D eigenvalue weighted by Gasteiger charge is -2.39. The van der Waals surface area contributed by atoms with Crippen LogP contribution in [0.1, 0.15) is 58.3 Å². The van der Waals surface area contributed by atoms with Crippen LogP contribution in [0.5, 0.6) is 17.2 Å².